The maximum Gasteiger partial charge on any atom is 0.253 e. The number of amides is 4. The van der Waals surface area contributed by atoms with Crippen LogP contribution in [0.4, 0.5) is 11.4 Å². The maximum atomic E-state index is 12.9. The summed E-state index contributed by atoms with van der Waals surface area (Å²) in [7, 11) is 0. The Labute approximate surface area is 255 Å². The number of rotatable bonds is 7. The van der Waals surface area contributed by atoms with Gasteiger partial charge in [-0.05, 0) is 72.5 Å². The van der Waals surface area contributed by atoms with Crippen molar-refractivity contribution in [1.82, 2.24) is 19.8 Å². The van der Waals surface area contributed by atoms with Crippen molar-refractivity contribution in [2.45, 2.75) is 12.8 Å². The molecule has 2 aromatic carbocycles. The number of carbonyl (C=O) groups excluding carboxylic acids is 4. The number of nitrogens with zero attached hydrogens (tertiary/aromatic N) is 4. The second-order valence-corrected chi connectivity index (χ2v) is 11.1. The Morgan fingerprint density at radius 3 is 1.27 bits per heavy atom. The van der Waals surface area contributed by atoms with Gasteiger partial charge in [0.05, 0.1) is 11.8 Å². The van der Waals surface area contributed by atoms with E-state index >= 15 is 0 Å². The lowest BCUT2D eigenvalue weighted by Crippen LogP contribution is -2.31. The molecule has 4 aromatic rings. The van der Waals surface area contributed by atoms with E-state index in [1.807, 2.05) is 48.5 Å². The van der Waals surface area contributed by atoms with Crippen molar-refractivity contribution in [1.29, 1.82) is 0 Å². The van der Waals surface area contributed by atoms with Gasteiger partial charge >= 0.3 is 0 Å². The molecule has 0 unspecified atom stereocenters. The Balaban J connectivity index is 0.988. The maximum absolute atomic E-state index is 12.9. The van der Waals surface area contributed by atoms with Gasteiger partial charge in [-0.25, -0.2) is 0 Å². The lowest BCUT2D eigenvalue weighted by Gasteiger charge is -2.16. The molecule has 2 aromatic heterocycles. The number of anilines is 2. The minimum Gasteiger partial charge on any atom is -0.338 e. The van der Waals surface area contributed by atoms with Gasteiger partial charge < -0.3 is 20.4 Å². The predicted octanol–water partition coefficient (Wildman–Crippen LogP) is 4.35. The van der Waals surface area contributed by atoms with Crippen LogP contribution in [0.25, 0.3) is 11.1 Å². The van der Waals surface area contributed by atoms with E-state index < -0.39 is 0 Å². The van der Waals surface area contributed by atoms with Crippen LogP contribution in [0.3, 0.4) is 0 Å². The van der Waals surface area contributed by atoms with Gasteiger partial charge in [0.2, 0.25) is 11.8 Å². The predicted molar refractivity (Wildman–Crippen MR) is 166 cm³/mol. The number of carbonyl (C=O) groups is 4. The first kappa shape index (κ1) is 28.7. The van der Waals surface area contributed by atoms with Crippen LogP contribution >= 0.6 is 0 Å². The SMILES string of the molecule is O=C(Nc1ccc(-c2ccc(NC(=O)[C@H]3CCN(C(=O)c4ccncc4)C3)cc2)cc1)[C@@H]1CCN(C(=O)c2ccncc2)C1. The molecule has 10 heteroatoms. The smallest absolute Gasteiger partial charge is 0.253 e. The molecule has 4 heterocycles. The molecule has 44 heavy (non-hydrogen) atoms. The fourth-order valence-electron chi connectivity index (χ4n) is 5.65. The summed E-state index contributed by atoms with van der Waals surface area (Å²) >= 11 is 0. The monoisotopic (exact) mass is 588 g/mol. The molecule has 0 spiro atoms. The standard InChI is InChI=1S/C34H32N6O4/c41-31(27-13-19-39(21-27)33(43)25-9-15-35-16-10-25)37-29-5-1-23(2-6-29)24-3-7-30(8-4-24)38-32(42)28-14-20-40(22-28)34(44)26-11-17-36-18-12-26/h1-12,15-18,27-28H,13-14,19-22H2,(H,37,41)(H,38,42)/t27-,28+. The van der Waals surface area contributed by atoms with Crippen LogP contribution < -0.4 is 10.6 Å². The normalized spacial score (nSPS) is 17.7. The highest BCUT2D eigenvalue weighted by Crippen LogP contribution is 2.26. The van der Waals surface area contributed by atoms with E-state index in [4.69, 9.17) is 0 Å². The summed E-state index contributed by atoms with van der Waals surface area (Å²) in [5, 5.41) is 5.95. The zero-order valence-electron chi connectivity index (χ0n) is 24.1. The molecule has 0 radical (unpaired) electrons. The summed E-state index contributed by atoms with van der Waals surface area (Å²) in [5.41, 5.74) is 4.46. The van der Waals surface area contributed by atoms with Gasteiger partial charge in [-0.2, -0.15) is 0 Å². The number of hydrogen-bond donors (Lipinski definition) is 2. The van der Waals surface area contributed by atoms with Crippen molar-refractivity contribution in [3.63, 3.8) is 0 Å². The van der Waals surface area contributed by atoms with Crippen LogP contribution in [0.5, 0.6) is 0 Å². The van der Waals surface area contributed by atoms with Crippen molar-refractivity contribution < 1.29 is 19.2 Å². The Hall–Kier alpha value is -5.38. The summed E-state index contributed by atoms with van der Waals surface area (Å²) in [5.74, 6) is -0.910. The number of pyridine rings is 2. The van der Waals surface area contributed by atoms with Gasteiger partial charge in [-0.1, -0.05) is 24.3 Å². The molecule has 2 atom stereocenters. The van der Waals surface area contributed by atoms with E-state index in [2.05, 4.69) is 20.6 Å². The summed E-state index contributed by atoms with van der Waals surface area (Å²) in [6.07, 6.45) is 7.59. The fraction of sp³-hybridized carbons (Fsp3) is 0.235. The molecular formula is C34H32N6O4. The molecule has 2 aliphatic rings. The van der Waals surface area contributed by atoms with Crippen LogP contribution in [0.1, 0.15) is 33.6 Å². The highest BCUT2D eigenvalue weighted by molar-refractivity contribution is 5.98. The average molecular weight is 589 g/mol. The largest absolute Gasteiger partial charge is 0.338 e. The van der Waals surface area contributed by atoms with E-state index in [9.17, 15) is 19.2 Å². The second-order valence-electron chi connectivity index (χ2n) is 11.1. The second kappa shape index (κ2) is 12.9. The minimum absolute atomic E-state index is 0.0868. The summed E-state index contributed by atoms with van der Waals surface area (Å²) in [6.45, 7) is 1.85. The number of benzene rings is 2. The third-order valence-corrected chi connectivity index (χ3v) is 8.19. The van der Waals surface area contributed by atoms with Crippen molar-refractivity contribution >= 4 is 35.0 Å². The molecule has 0 bridgehead atoms. The summed E-state index contributed by atoms with van der Waals surface area (Å²) < 4.78 is 0. The van der Waals surface area contributed by atoms with E-state index in [1.54, 1.807) is 58.9 Å². The van der Waals surface area contributed by atoms with Crippen molar-refractivity contribution in [3.05, 3.63) is 109 Å². The molecule has 2 N–H and O–H groups in total. The Morgan fingerprint density at radius 1 is 0.545 bits per heavy atom. The van der Waals surface area contributed by atoms with Gasteiger partial charge in [0, 0.05) is 73.5 Å². The fourth-order valence-corrected chi connectivity index (χ4v) is 5.65. The quantitative estimate of drug-likeness (QED) is 0.331. The first-order valence-electron chi connectivity index (χ1n) is 14.7. The number of likely N-dealkylation sites (tertiary alicyclic amines) is 2. The zero-order chi connectivity index (χ0) is 30.5. The molecule has 0 saturated carbocycles. The molecule has 2 aliphatic heterocycles. The lowest BCUT2D eigenvalue weighted by molar-refractivity contribution is -0.120. The molecule has 0 aliphatic carbocycles. The van der Waals surface area contributed by atoms with E-state index in [0.29, 0.717) is 61.5 Å². The summed E-state index contributed by atoms with van der Waals surface area (Å²) in [4.78, 5) is 62.5. The number of hydrogen-bond acceptors (Lipinski definition) is 6. The third-order valence-electron chi connectivity index (χ3n) is 8.19. The van der Waals surface area contributed by atoms with Crippen LogP contribution in [0.15, 0.2) is 97.6 Å². The highest BCUT2D eigenvalue weighted by atomic mass is 16.2. The van der Waals surface area contributed by atoms with E-state index in [0.717, 1.165) is 11.1 Å². The van der Waals surface area contributed by atoms with Gasteiger partial charge in [0.1, 0.15) is 0 Å². The highest BCUT2D eigenvalue weighted by Gasteiger charge is 2.32. The number of aromatic nitrogens is 2. The van der Waals surface area contributed by atoms with E-state index in [-0.39, 0.29) is 35.5 Å². The van der Waals surface area contributed by atoms with Crippen molar-refractivity contribution in [2.75, 3.05) is 36.8 Å². The minimum atomic E-state index is -0.266. The Kier molecular flexibility index (Phi) is 8.40. The van der Waals surface area contributed by atoms with Crippen LogP contribution in [0, 0.1) is 11.8 Å². The topological polar surface area (TPSA) is 125 Å². The van der Waals surface area contributed by atoms with Gasteiger partial charge in [-0.3, -0.25) is 29.1 Å². The van der Waals surface area contributed by atoms with Crippen LogP contribution in [-0.2, 0) is 9.59 Å². The molecule has 6 rings (SSSR count). The van der Waals surface area contributed by atoms with Gasteiger partial charge in [-0.15, -0.1) is 0 Å². The summed E-state index contributed by atoms with van der Waals surface area (Å²) in [6, 6.07) is 21.9. The Morgan fingerprint density at radius 2 is 0.909 bits per heavy atom. The molecule has 2 fully saturated rings. The average Bonchev–Trinajstić information content (AvgIpc) is 3.77. The first-order chi connectivity index (χ1) is 21.4. The number of nitrogens with one attached hydrogen (secondary N) is 2. The van der Waals surface area contributed by atoms with E-state index in [1.165, 1.54) is 0 Å². The zero-order valence-corrected chi connectivity index (χ0v) is 24.1. The van der Waals surface area contributed by atoms with Gasteiger partial charge in [0.25, 0.3) is 11.8 Å². The molecular weight excluding hydrogens is 556 g/mol. The molecule has 222 valence electrons. The van der Waals surface area contributed by atoms with Crippen molar-refractivity contribution in [2.24, 2.45) is 11.8 Å². The third kappa shape index (κ3) is 6.49. The lowest BCUT2D eigenvalue weighted by atomic mass is 10.0. The van der Waals surface area contributed by atoms with Crippen LogP contribution in [-0.4, -0.2) is 69.6 Å². The molecule has 10 nitrogen and oxygen atoms in total. The first-order valence-corrected chi connectivity index (χ1v) is 14.7. The van der Waals surface area contributed by atoms with Crippen LogP contribution in [0.2, 0.25) is 0 Å². The molecule has 2 saturated heterocycles. The Bertz CT molecular complexity index is 1520. The van der Waals surface area contributed by atoms with Gasteiger partial charge in [0.15, 0.2) is 0 Å². The van der Waals surface area contributed by atoms with Crippen molar-refractivity contribution in [3.8, 4) is 11.1 Å². The molecule has 4 amide bonds.